The molecule has 2 aromatic carbocycles. The molecule has 2 amide bonds. The molecular formula is C19H19N3O3. The third kappa shape index (κ3) is 4.23. The van der Waals surface area contributed by atoms with Crippen LogP contribution < -0.4 is 10.7 Å². The molecule has 0 unspecified atom stereocenters. The monoisotopic (exact) mass is 337 g/mol. The summed E-state index contributed by atoms with van der Waals surface area (Å²) in [5.74, 6) is -0.413. The largest absolute Gasteiger partial charge is 0.507 e. The number of hydrazone groups is 1. The van der Waals surface area contributed by atoms with Gasteiger partial charge in [0, 0.05) is 11.6 Å². The van der Waals surface area contributed by atoms with Crippen LogP contribution in [0.5, 0.6) is 5.75 Å². The van der Waals surface area contributed by atoms with Crippen LogP contribution in [0.4, 0.5) is 5.69 Å². The number of rotatable bonds is 5. The number of nitrogens with zero attached hydrogens (tertiary/aromatic N) is 1. The number of carbonyl (C=O) groups excluding carboxylic acids is 2. The Morgan fingerprint density at radius 2 is 1.88 bits per heavy atom. The summed E-state index contributed by atoms with van der Waals surface area (Å²) in [5, 5.41) is 16.6. The summed E-state index contributed by atoms with van der Waals surface area (Å²) in [6.07, 6.45) is 1.90. The molecule has 2 aromatic rings. The average molecular weight is 337 g/mol. The number of hydrogen-bond acceptors (Lipinski definition) is 4. The van der Waals surface area contributed by atoms with Gasteiger partial charge in [0.2, 0.25) is 5.91 Å². The maximum absolute atomic E-state index is 12.1. The molecule has 0 saturated heterocycles. The molecular weight excluding hydrogens is 318 g/mol. The van der Waals surface area contributed by atoms with E-state index in [1.54, 1.807) is 19.1 Å². The molecule has 0 spiro atoms. The Morgan fingerprint density at radius 1 is 1.12 bits per heavy atom. The molecule has 1 aliphatic rings. The SMILES string of the molecule is C/C(=N\NC(=O)c1ccccc1O)c1cccc(NC(=O)C2CC2)c1. The third-order valence-corrected chi connectivity index (χ3v) is 3.97. The lowest BCUT2D eigenvalue weighted by molar-refractivity contribution is -0.117. The highest BCUT2D eigenvalue weighted by Crippen LogP contribution is 2.30. The van der Waals surface area contributed by atoms with Crippen molar-refractivity contribution in [1.82, 2.24) is 5.43 Å². The molecule has 1 aliphatic carbocycles. The van der Waals surface area contributed by atoms with Crippen LogP contribution in [0.1, 0.15) is 35.7 Å². The predicted molar refractivity (Wildman–Crippen MR) is 95.6 cm³/mol. The Morgan fingerprint density at radius 3 is 2.60 bits per heavy atom. The van der Waals surface area contributed by atoms with E-state index in [4.69, 9.17) is 0 Å². The minimum absolute atomic E-state index is 0.0413. The Balaban J connectivity index is 1.68. The van der Waals surface area contributed by atoms with E-state index in [0.717, 1.165) is 18.4 Å². The van der Waals surface area contributed by atoms with Crippen LogP contribution in [0.3, 0.4) is 0 Å². The summed E-state index contributed by atoms with van der Waals surface area (Å²) in [7, 11) is 0. The maximum atomic E-state index is 12.1. The second-order valence-electron chi connectivity index (χ2n) is 6.00. The molecule has 0 aliphatic heterocycles. The van der Waals surface area contributed by atoms with Crippen LogP contribution in [-0.4, -0.2) is 22.6 Å². The zero-order chi connectivity index (χ0) is 17.8. The standard InChI is InChI=1S/C19H19N3O3/c1-12(21-22-19(25)16-7-2-3-8-17(16)23)14-5-4-6-15(11-14)20-18(24)13-9-10-13/h2-8,11,13,23H,9-10H2,1H3,(H,20,24)(H,22,25)/b21-12+. The van der Waals surface area contributed by atoms with Gasteiger partial charge in [-0.2, -0.15) is 5.10 Å². The van der Waals surface area contributed by atoms with Crippen molar-refractivity contribution in [2.75, 3.05) is 5.32 Å². The van der Waals surface area contributed by atoms with Crippen molar-refractivity contribution >= 4 is 23.2 Å². The number of phenols is 1. The molecule has 6 heteroatoms. The normalized spacial score (nSPS) is 14.0. The van der Waals surface area contributed by atoms with E-state index in [1.807, 2.05) is 24.3 Å². The van der Waals surface area contributed by atoms with Gasteiger partial charge in [0.1, 0.15) is 5.75 Å². The Bertz CT molecular complexity index is 841. The van der Waals surface area contributed by atoms with E-state index in [0.29, 0.717) is 11.4 Å². The third-order valence-electron chi connectivity index (χ3n) is 3.97. The van der Waals surface area contributed by atoms with Crippen molar-refractivity contribution in [2.24, 2.45) is 11.0 Å². The molecule has 0 radical (unpaired) electrons. The Hall–Kier alpha value is -3.15. The van der Waals surface area contributed by atoms with Gasteiger partial charge < -0.3 is 10.4 Å². The topological polar surface area (TPSA) is 90.8 Å². The maximum Gasteiger partial charge on any atom is 0.275 e. The highest BCUT2D eigenvalue weighted by Gasteiger charge is 2.29. The van der Waals surface area contributed by atoms with E-state index < -0.39 is 5.91 Å². The fourth-order valence-electron chi connectivity index (χ4n) is 2.34. The molecule has 1 fully saturated rings. The van der Waals surface area contributed by atoms with Crippen LogP contribution in [-0.2, 0) is 4.79 Å². The Labute approximate surface area is 145 Å². The number of para-hydroxylation sites is 1. The van der Waals surface area contributed by atoms with Crippen molar-refractivity contribution in [1.29, 1.82) is 0 Å². The number of benzene rings is 2. The molecule has 0 bridgehead atoms. The molecule has 6 nitrogen and oxygen atoms in total. The number of hydrogen-bond donors (Lipinski definition) is 3. The lowest BCUT2D eigenvalue weighted by atomic mass is 10.1. The fraction of sp³-hybridized carbons (Fsp3) is 0.211. The second kappa shape index (κ2) is 7.17. The zero-order valence-corrected chi connectivity index (χ0v) is 13.8. The predicted octanol–water partition coefficient (Wildman–Crippen LogP) is 2.89. The fourth-order valence-corrected chi connectivity index (χ4v) is 2.34. The number of nitrogens with one attached hydrogen (secondary N) is 2. The van der Waals surface area contributed by atoms with Gasteiger partial charge in [0.15, 0.2) is 0 Å². The molecule has 0 heterocycles. The molecule has 0 aromatic heterocycles. The van der Waals surface area contributed by atoms with Crippen LogP contribution in [0, 0.1) is 5.92 Å². The number of carbonyl (C=O) groups is 2. The van der Waals surface area contributed by atoms with E-state index in [2.05, 4.69) is 15.8 Å². The Kier molecular flexibility index (Phi) is 4.79. The van der Waals surface area contributed by atoms with E-state index in [1.165, 1.54) is 12.1 Å². The number of phenolic OH excluding ortho intramolecular Hbond substituents is 1. The summed E-state index contributed by atoms with van der Waals surface area (Å²) >= 11 is 0. The second-order valence-corrected chi connectivity index (χ2v) is 6.00. The van der Waals surface area contributed by atoms with Gasteiger partial charge in [-0.15, -0.1) is 0 Å². The number of anilines is 1. The van der Waals surface area contributed by atoms with Crippen molar-refractivity contribution in [2.45, 2.75) is 19.8 Å². The van der Waals surface area contributed by atoms with Crippen LogP contribution in [0.2, 0.25) is 0 Å². The molecule has 1 saturated carbocycles. The van der Waals surface area contributed by atoms with Crippen molar-refractivity contribution in [3.8, 4) is 5.75 Å². The van der Waals surface area contributed by atoms with Crippen LogP contribution in [0.25, 0.3) is 0 Å². The van der Waals surface area contributed by atoms with E-state index in [-0.39, 0.29) is 23.1 Å². The first-order valence-corrected chi connectivity index (χ1v) is 8.08. The van der Waals surface area contributed by atoms with E-state index in [9.17, 15) is 14.7 Å². The number of aromatic hydroxyl groups is 1. The molecule has 25 heavy (non-hydrogen) atoms. The molecule has 3 rings (SSSR count). The van der Waals surface area contributed by atoms with Gasteiger partial charge in [-0.3, -0.25) is 9.59 Å². The van der Waals surface area contributed by atoms with Crippen LogP contribution in [0.15, 0.2) is 53.6 Å². The lowest BCUT2D eigenvalue weighted by Gasteiger charge is -2.07. The van der Waals surface area contributed by atoms with Crippen molar-refractivity contribution in [3.05, 3.63) is 59.7 Å². The summed E-state index contributed by atoms with van der Waals surface area (Å²) in [4.78, 5) is 23.9. The van der Waals surface area contributed by atoms with Gasteiger partial charge in [-0.05, 0) is 49.6 Å². The summed E-state index contributed by atoms with van der Waals surface area (Å²) in [5.41, 5.74) is 4.66. The molecule has 3 N–H and O–H groups in total. The van der Waals surface area contributed by atoms with Gasteiger partial charge >= 0.3 is 0 Å². The minimum atomic E-state index is -0.490. The van der Waals surface area contributed by atoms with Crippen molar-refractivity contribution in [3.63, 3.8) is 0 Å². The zero-order valence-electron chi connectivity index (χ0n) is 13.8. The lowest BCUT2D eigenvalue weighted by Crippen LogP contribution is -2.19. The summed E-state index contributed by atoms with van der Waals surface area (Å²) in [6.45, 7) is 1.76. The van der Waals surface area contributed by atoms with Gasteiger partial charge in [-0.25, -0.2) is 5.43 Å². The number of amides is 2. The van der Waals surface area contributed by atoms with Crippen LogP contribution >= 0.6 is 0 Å². The highest BCUT2D eigenvalue weighted by atomic mass is 16.3. The molecule has 128 valence electrons. The first-order chi connectivity index (χ1) is 12.0. The highest BCUT2D eigenvalue weighted by molar-refractivity contribution is 6.03. The van der Waals surface area contributed by atoms with Gasteiger partial charge in [-0.1, -0.05) is 24.3 Å². The van der Waals surface area contributed by atoms with E-state index >= 15 is 0 Å². The first-order valence-electron chi connectivity index (χ1n) is 8.08. The first kappa shape index (κ1) is 16.7. The van der Waals surface area contributed by atoms with Gasteiger partial charge in [0.05, 0.1) is 11.3 Å². The summed E-state index contributed by atoms with van der Waals surface area (Å²) in [6, 6.07) is 13.6. The van der Waals surface area contributed by atoms with Crippen molar-refractivity contribution < 1.29 is 14.7 Å². The van der Waals surface area contributed by atoms with Gasteiger partial charge in [0.25, 0.3) is 5.91 Å². The quantitative estimate of drug-likeness (QED) is 0.579. The average Bonchev–Trinajstić information content (AvgIpc) is 3.45. The summed E-state index contributed by atoms with van der Waals surface area (Å²) < 4.78 is 0. The smallest absolute Gasteiger partial charge is 0.275 e. The minimum Gasteiger partial charge on any atom is -0.507 e. The molecule has 0 atom stereocenters.